The highest BCUT2D eigenvalue weighted by Gasteiger charge is 2.38. The van der Waals surface area contributed by atoms with Crippen LogP contribution in [0.5, 0.6) is 5.75 Å². The number of nitrogens with two attached hydrogens (primary N) is 1. The molecule has 0 spiro atoms. The average Bonchev–Trinajstić information content (AvgIpc) is 3.38. The van der Waals surface area contributed by atoms with E-state index in [1.54, 1.807) is 17.0 Å². The quantitative estimate of drug-likeness (QED) is 0.206. The lowest BCUT2D eigenvalue weighted by molar-refractivity contribution is -0.141. The Morgan fingerprint density at radius 1 is 1.34 bits per heavy atom. The minimum absolute atomic E-state index is 0.00740. The number of ether oxygens (including phenoxy) is 1. The smallest absolute Gasteiger partial charge is 0.353 e. The van der Waals surface area contributed by atoms with Crippen LogP contribution in [0.4, 0.5) is 4.39 Å². The molecule has 1 aliphatic rings. The van der Waals surface area contributed by atoms with Crippen molar-refractivity contribution in [1.29, 1.82) is 5.41 Å². The number of esters is 1. The van der Waals surface area contributed by atoms with Crippen molar-refractivity contribution >= 4 is 35.3 Å². The van der Waals surface area contributed by atoms with Gasteiger partial charge in [0.25, 0.3) is 0 Å². The summed E-state index contributed by atoms with van der Waals surface area (Å²) in [7, 11) is 0. The fourth-order valence-electron chi connectivity index (χ4n) is 3.84. The molecule has 1 amide bonds. The number of hydrogen-bond acceptors (Lipinski definition) is 6. The average molecular weight is 460 g/mol. The maximum absolute atomic E-state index is 14.1. The number of amidine groups is 1. The fourth-order valence-corrected chi connectivity index (χ4v) is 4.96. The molecule has 0 saturated carbocycles. The van der Waals surface area contributed by atoms with E-state index in [-0.39, 0.29) is 29.1 Å². The lowest BCUT2D eigenvalue weighted by Gasteiger charge is -2.32. The van der Waals surface area contributed by atoms with Gasteiger partial charge in [-0.25, -0.2) is 9.18 Å². The molecule has 3 rings (SSSR count). The number of carbonyl (C=O) groups excluding carboxylic acids is 3. The zero-order valence-electron chi connectivity index (χ0n) is 18.0. The van der Waals surface area contributed by atoms with Gasteiger partial charge in [0.2, 0.25) is 5.91 Å². The number of hydrogen-bond donors (Lipinski definition) is 2. The maximum Gasteiger partial charge on any atom is 0.353 e. The zero-order chi connectivity index (χ0) is 23.5. The van der Waals surface area contributed by atoms with Crippen LogP contribution in [-0.2, 0) is 16.0 Å². The van der Waals surface area contributed by atoms with E-state index < -0.39 is 17.2 Å². The first kappa shape index (κ1) is 23.6. The molecule has 7 nitrogen and oxygen atoms in total. The van der Waals surface area contributed by atoms with Crippen molar-refractivity contribution < 1.29 is 23.5 Å². The van der Waals surface area contributed by atoms with E-state index in [0.717, 1.165) is 30.1 Å². The van der Waals surface area contributed by atoms with Crippen LogP contribution < -0.4 is 10.5 Å². The molecule has 9 heteroatoms. The molecule has 170 valence electrons. The number of likely N-dealkylation sites (tertiary alicyclic amines) is 1. The molecule has 1 atom stereocenters. The highest BCUT2D eigenvalue weighted by Crippen LogP contribution is 2.32. The Balaban J connectivity index is 1.67. The van der Waals surface area contributed by atoms with E-state index in [9.17, 15) is 18.8 Å². The van der Waals surface area contributed by atoms with Crippen LogP contribution in [0.25, 0.3) is 0 Å². The topological polar surface area (TPSA) is 114 Å². The molecule has 2 heterocycles. The Hall–Kier alpha value is -3.07. The number of rotatable bonds is 8. The van der Waals surface area contributed by atoms with E-state index in [1.165, 1.54) is 23.5 Å². The van der Waals surface area contributed by atoms with Gasteiger partial charge in [0.15, 0.2) is 11.6 Å². The van der Waals surface area contributed by atoms with Crippen LogP contribution in [-0.4, -0.2) is 41.5 Å². The predicted octanol–water partition coefficient (Wildman–Crippen LogP) is 3.54. The number of nitrogens with one attached hydrogen (secondary N) is 1. The summed E-state index contributed by atoms with van der Waals surface area (Å²) in [5, 5.41) is 7.33. The number of nitrogen functional groups attached to an aromatic ring is 1. The van der Waals surface area contributed by atoms with Gasteiger partial charge in [0.05, 0.1) is 0 Å². The summed E-state index contributed by atoms with van der Waals surface area (Å²) in [6, 6.07) is 7.01. The summed E-state index contributed by atoms with van der Waals surface area (Å²) >= 11 is 1.19. The molecule has 1 aromatic heterocycles. The number of halogens is 1. The molecule has 1 aliphatic heterocycles. The van der Waals surface area contributed by atoms with Crippen molar-refractivity contribution in [2.45, 2.75) is 45.6 Å². The lowest BCUT2D eigenvalue weighted by Crippen LogP contribution is -2.44. The summed E-state index contributed by atoms with van der Waals surface area (Å²) in [6.07, 6.45) is 3.35. The SMILES string of the molecule is CC(C)(Cc1ccc(C(=O)Oc2ccc(C(=N)N)cc2F)s1)C(=O)N1CCC[C@H]1CC=O. The second-order valence-electron chi connectivity index (χ2n) is 8.47. The molecule has 1 saturated heterocycles. The standard InChI is InChI=1S/C23H26FN3O4S/c1-23(2,22(30)27-10-3-4-15(27)9-11-28)13-16-6-8-19(32-16)21(29)31-18-7-5-14(20(25)26)12-17(18)24/h5-8,11-12,15H,3-4,9-10,13H2,1-2H3,(H3,25,26)/t15-/m0/s1. The number of thiophene rings is 1. The van der Waals surface area contributed by atoms with E-state index in [4.69, 9.17) is 15.9 Å². The van der Waals surface area contributed by atoms with Gasteiger partial charge in [0, 0.05) is 34.9 Å². The Labute approximate surface area is 189 Å². The summed E-state index contributed by atoms with van der Waals surface area (Å²) < 4.78 is 19.3. The highest BCUT2D eigenvalue weighted by molar-refractivity contribution is 7.14. The Kier molecular flexibility index (Phi) is 7.08. The van der Waals surface area contributed by atoms with Gasteiger partial charge in [-0.05, 0) is 49.6 Å². The van der Waals surface area contributed by atoms with Gasteiger partial charge in [-0.2, -0.15) is 0 Å². The number of aldehydes is 1. The van der Waals surface area contributed by atoms with Gasteiger partial charge in [-0.1, -0.05) is 13.8 Å². The zero-order valence-corrected chi connectivity index (χ0v) is 18.8. The van der Waals surface area contributed by atoms with Crippen molar-refractivity contribution in [3.8, 4) is 5.75 Å². The molecule has 0 bridgehead atoms. The second-order valence-corrected chi connectivity index (χ2v) is 9.64. The first-order valence-corrected chi connectivity index (χ1v) is 11.1. The summed E-state index contributed by atoms with van der Waals surface area (Å²) in [4.78, 5) is 39.4. The molecule has 1 fully saturated rings. The molecule has 32 heavy (non-hydrogen) atoms. The highest BCUT2D eigenvalue weighted by atomic mass is 32.1. The van der Waals surface area contributed by atoms with Crippen molar-refractivity contribution in [2.24, 2.45) is 11.1 Å². The van der Waals surface area contributed by atoms with Crippen molar-refractivity contribution in [2.75, 3.05) is 6.54 Å². The number of carbonyl (C=O) groups is 3. The predicted molar refractivity (Wildman–Crippen MR) is 120 cm³/mol. The molecule has 0 aliphatic carbocycles. The van der Waals surface area contributed by atoms with Crippen LogP contribution in [0.3, 0.4) is 0 Å². The third kappa shape index (κ3) is 5.21. The van der Waals surface area contributed by atoms with E-state index in [1.807, 2.05) is 13.8 Å². The molecule has 0 radical (unpaired) electrons. The Morgan fingerprint density at radius 2 is 2.09 bits per heavy atom. The largest absolute Gasteiger partial charge is 0.419 e. The minimum Gasteiger partial charge on any atom is -0.419 e. The van der Waals surface area contributed by atoms with Gasteiger partial charge in [-0.3, -0.25) is 10.2 Å². The third-order valence-electron chi connectivity index (χ3n) is 5.51. The van der Waals surface area contributed by atoms with Crippen LogP contribution in [0.1, 0.15) is 53.2 Å². The van der Waals surface area contributed by atoms with E-state index in [0.29, 0.717) is 24.3 Å². The Morgan fingerprint density at radius 3 is 2.75 bits per heavy atom. The summed E-state index contributed by atoms with van der Waals surface area (Å²) in [5.74, 6) is -2.03. The normalized spacial score (nSPS) is 16.1. The summed E-state index contributed by atoms with van der Waals surface area (Å²) in [5.41, 5.74) is 4.82. The molecule has 1 aromatic carbocycles. The van der Waals surface area contributed by atoms with Crippen LogP contribution in [0, 0.1) is 16.6 Å². The van der Waals surface area contributed by atoms with E-state index in [2.05, 4.69) is 0 Å². The maximum atomic E-state index is 14.1. The lowest BCUT2D eigenvalue weighted by atomic mass is 9.86. The van der Waals surface area contributed by atoms with Gasteiger partial charge < -0.3 is 20.2 Å². The van der Waals surface area contributed by atoms with Gasteiger partial charge >= 0.3 is 5.97 Å². The van der Waals surface area contributed by atoms with E-state index >= 15 is 0 Å². The number of amides is 1. The molecule has 2 aromatic rings. The fraction of sp³-hybridized carbons (Fsp3) is 0.391. The van der Waals surface area contributed by atoms with Crippen molar-refractivity contribution in [1.82, 2.24) is 4.90 Å². The summed E-state index contributed by atoms with van der Waals surface area (Å²) in [6.45, 7) is 4.36. The third-order valence-corrected chi connectivity index (χ3v) is 6.58. The first-order chi connectivity index (χ1) is 15.1. The van der Waals surface area contributed by atoms with Crippen LogP contribution >= 0.6 is 11.3 Å². The number of nitrogens with zero attached hydrogens (tertiary/aromatic N) is 1. The number of benzene rings is 1. The molecular weight excluding hydrogens is 433 g/mol. The Bertz CT molecular complexity index is 1050. The van der Waals surface area contributed by atoms with Crippen LogP contribution in [0.15, 0.2) is 30.3 Å². The van der Waals surface area contributed by atoms with Gasteiger partial charge in [0.1, 0.15) is 17.0 Å². The first-order valence-electron chi connectivity index (χ1n) is 10.3. The monoisotopic (exact) mass is 459 g/mol. The second kappa shape index (κ2) is 9.60. The van der Waals surface area contributed by atoms with Crippen molar-refractivity contribution in [3.63, 3.8) is 0 Å². The van der Waals surface area contributed by atoms with Crippen molar-refractivity contribution in [3.05, 3.63) is 51.5 Å². The molecular formula is C23H26FN3O4S. The van der Waals surface area contributed by atoms with Gasteiger partial charge in [-0.15, -0.1) is 11.3 Å². The van der Waals surface area contributed by atoms with Crippen LogP contribution in [0.2, 0.25) is 0 Å². The molecule has 0 unspecified atom stereocenters. The minimum atomic E-state index is -0.787. The molecule has 3 N–H and O–H groups in total.